The maximum Gasteiger partial charge on any atom is 0.530 e. The minimum absolute atomic E-state index is 0.112. The van der Waals surface area contributed by atoms with Crippen LogP contribution in [-0.2, 0) is 28.1 Å². The van der Waals surface area contributed by atoms with Gasteiger partial charge in [-0.25, -0.2) is 0 Å². The van der Waals surface area contributed by atoms with Crippen LogP contribution in [0.4, 0.5) is 0 Å². The summed E-state index contributed by atoms with van der Waals surface area (Å²) in [7, 11) is -1.85. The fourth-order valence-corrected chi connectivity index (χ4v) is 6.95. The Bertz CT molecular complexity index is 1380. The molecule has 1 aliphatic rings. The monoisotopic (exact) mass is 588 g/mol. The average molecular weight is 589 g/mol. The molecule has 228 valence electrons. The molecule has 0 amide bonds. The van der Waals surface area contributed by atoms with Crippen LogP contribution in [0.15, 0.2) is 36.4 Å². The summed E-state index contributed by atoms with van der Waals surface area (Å²) < 4.78 is 21.1. The predicted molar refractivity (Wildman–Crippen MR) is 180 cm³/mol. The number of aryl methyl sites for hydroxylation is 3. The van der Waals surface area contributed by atoms with Crippen LogP contribution in [0.5, 0.6) is 17.2 Å². The highest BCUT2D eigenvalue weighted by Crippen LogP contribution is 2.54. The number of hydrogen-bond donors (Lipinski definition) is 0. The first kappa shape index (κ1) is 32.4. The largest absolute Gasteiger partial charge is 0.530 e. The SMILES string of the molecule is Cc1cc2c(c(C(C)(C)C)c1)OP(Oc1c(C(C)(C)C)cc(C)cc1C(C)(C)C)Oc1c(cc(C)cc1C(C)(C)C)C2. The number of hydrogen-bond acceptors (Lipinski definition) is 3. The molecule has 0 N–H and O–H groups in total. The Morgan fingerprint density at radius 2 is 0.810 bits per heavy atom. The lowest BCUT2D eigenvalue weighted by Crippen LogP contribution is -2.22. The molecule has 0 unspecified atom stereocenters. The molecule has 4 rings (SSSR count). The van der Waals surface area contributed by atoms with Crippen molar-refractivity contribution in [1.29, 1.82) is 0 Å². The van der Waals surface area contributed by atoms with E-state index in [0.29, 0.717) is 0 Å². The highest BCUT2D eigenvalue weighted by Gasteiger charge is 2.36. The van der Waals surface area contributed by atoms with Gasteiger partial charge in [0, 0.05) is 28.7 Å². The van der Waals surface area contributed by atoms with Crippen molar-refractivity contribution in [3.8, 4) is 17.2 Å². The third kappa shape index (κ3) is 6.83. The highest BCUT2D eigenvalue weighted by molar-refractivity contribution is 7.43. The van der Waals surface area contributed by atoms with Crippen molar-refractivity contribution in [3.63, 3.8) is 0 Å². The lowest BCUT2D eigenvalue weighted by atomic mass is 9.78. The summed E-state index contributed by atoms with van der Waals surface area (Å²) >= 11 is 0. The van der Waals surface area contributed by atoms with Crippen LogP contribution in [-0.4, -0.2) is 0 Å². The molecule has 42 heavy (non-hydrogen) atoms. The van der Waals surface area contributed by atoms with E-state index in [-0.39, 0.29) is 21.7 Å². The van der Waals surface area contributed by atoms with Crippen LogP contribution in [0.25, 0.3) is 0 Å². The number of rotatable bonds is 2. The normalized spacial score (nSPS) is 14.7. The van der Waals surface area contributed by atoms with Crippen LogP contribution < -0.4 is 13.6 Å². The van der Waals surface area contributed by atoms with Crippen molar-refractivity contribution < 1.29 is 13.6 Å². The van der Waals surface area contributed by atoms with Crippen LogP contribution in [0.1, 0.15) is 133 Å². The maximum absolute atomic E-state index is 7.09. The van der Waals surface area contributed by atoms with Gasteiger partial charge in [0.05, 0.1) is 0 Å². The molecular formula is C38H53O3P. The van der Waals surface area contributed by atoms with Crippen molar-refractivity contribution >= 4 is 8.60 Å². The molecule has 0 aliphatic carbocycles. The quantitative estimate of drug-likeness (QED) is 0.279. The predicted octanol–water partition coefficient (Wildman–Crippen LogP) is 11.5. The van der Waals surface area contributed by atoms with E-state index in [2.05, 4.69) is 140 Å². The Morgan fingerprint density at radius 3 is 1.14 bits per heavy atom. The van der Waals surface area contributed by atoms with Gasteiger partial charge < -0.3 is 13.6 Å². The molecule has 3 nitrogen and oxygen atoms in total. The van der Waals surface area contributed by atoms with Gasteiger partial charge in [-0.1, -0.05) is 136 Å². The van der Waals surface area contributed by atoms with E-state index in [1.165, 1.54) is 50.1 Å². The number of benzene rings is 3. The van der Waals surface area contributed by atoms with E-state index in [1.807, 2.05) is 0 Å². The molecule has 0 fully saturated rings. The van der Waals surface area contributed by atoms with Crippen LogP contribution >= 0.6 is 8.60 Å². The first-order valence-corrected chi connectivity index (χ1v) is 16.4. The van der Waals surface area contributed by atoms with E-state index in [4.69, 9.17) is 13.6 Å². The minimum Gasteiger partial charge on any atom is -0.408 e. The second-order valence-corrected chi connectivity index (χ2v) is 17.5. The molecule has 1 heterocycles. The summed E-state index contributed by atoms with van der Waals surface area (Å²) in [4.78, 5) is 0. The second-order valence-electron chi connectivity index (χ2n) is 16.5. The fraction of sp³-hybridized carbons (Fsp3) is 0.526. The second kappa shape index (κ2) is 10.9. The Hall–Kier alpha value is -2.51. The Labute approximate surface area is 257 Å². The molecular weight excluding hydrogens is 535 g/mol. The molecule has 0 aromatic heterocycles. The van der Waals surface area contributed by atoms with E-state index < -0.39 is 8.60 Å². The standard InChI is InChI=1S/C38H53O3P/c1-23-16-26-22-27-17-24(2)19-29(36(7,8)9)33(27)40-42(39-32(26)28(18-23)35(4,5)6)41-34-30(37(10,11)12)20-25(3)21-31(34)38(13,14)15/h16-21H,22H2,1-15H3. The molecule has 3 aromatic rings. The molecule has 0 spiro atoms. The lowest BCUT2D eigenvalue weighted by Gasteiger charge is -2.34. The summed E-state index contributed by atoms with van der Waals surface area (Å²) in [6.45, 7) is 33.5. The van der Waals surface area contributed by atoms with Gasteiger partial charge in [-0.3, -0.25) is 0 Å². The molecule has 0 saturated heterocycles. The smallest absolute Gasteiger partial charge is 0.408 e. The van der Waals surface area contributed by atoms with Crippen LogP contribution in [0.3, 0.4) is 0 Å². The van der Waals surface area contributed by atoms with Crippen molar-refractivity contribution in [3.05, 3.63) is 86.5 Å². The van der Waals surface area contributed by atoms with Gasteiger partial charge in [0.15, 0.2) is 0 Å². The van der Waals surface area contributed by atoms with E-state index >= 15 is 0 Å². The minimum atomic E-state index is -1.85. The van der Waals surface area contributed by atoms with Gasteiger partial charge in [0.2, 0.25) is 0 Å². The highest BCUT2D eigenvalue weighted by atomic mass is 31.2. The third-order valence-corrected chi connectivity index (χ3v) is 8.96. The van der Waals surface area contributed by atoms with Gasteiger partial charge in [-0.15, -0.1) is 0 Å². The Balaban J connectivity index is 2.03. The van der Waals surface area contributed by atoms with E-state index in [1.54, 1.807) is 0 Å². The molecule has 0 radical (unpaired) electrons. The van der Waals surface area contributed by atoms with E-state index in [0.717, 1.165) is 23.7 Å². The lowest BCUT2D eigenvalue weighted by molar-refractivity contribution is 0.361. The van der Waals surface area contributed by atoms with Crippen molar-refractivity contribution in [2.24, 2.45) is 0 Å². The van der Waals surface area contributed by atoms with Gasteiger partial charge in [0.25, 0.3) is 0 Å². The summed E-state index contributed by atoms with van der Waals surface area (Å²) in [6, 6.07) is 13.6. The average Bonchev–Trinajstić information content (AvgIpc) is 2.78. The molecule has 3 aromatic carbocycles. The maximum atomic E-state index is 7.09. The zero-order valence-electron chi connectivity index (χ0n) is 28.8. The third-order valence-electron chi connectivity index (χ3n) is 7.96. The van der Waals surface area contributed by atoms with Gasteiger partial charge in [0.1, 0.15) is 17.2 Å². The molecule has 4 heteroatoms. The molecule has 0 saturated carbocycles. The van der Waals surface area contributed by atoms with Gasteiger partial charge >= 0.3 is 8.60 Å². The number of fused-ring (bicyclic) bond motifs is 2. The summed E-state index contributed by atoms with van der Waals surface area (Å²) in [6.07, 6.45) is 0.744. The van der Waals surface area contributed by atoms with Crippen molar-refractivity contribution in [2.75, 3.05) is 0 Å². The Morgan fingerprint density at radius 1 is 0.500 bits per heavy atom. The molecule has 1 aliphatic heterocycles. The van der Waals surface area contributed by atoms with Crippen molar-refractivity contribution in [1.82, 2.24) is 0 Å². The topological polar surface area (TPSA) is 27.7 Å². The van der Waals surface area contributed by atoms with Crippen LogP contribution in [0, 0.1) is 20.8 Å². The van der Waals surface area contributed by atoms with Gasteiger partial charge in [-0.05, 0) is 53.6 Å². The van der Waals surface area contributed by atoms with Crippen molar-refractivity contribution in [2.45, 2.75) is 132 Å². The fourth-order valence-electron chi connectivity index (χ4n) is 5.76. The Kier molecular flexibility index (Phi) is 8.40. The zero-order valence-corrected chi connectivity index (χ0v) is 29.7. The van der Waals surface area contributed by atoms with Gasteiger partial charge in [-0.2, -0.15) is 0 Å². The summed E-state index contributed by atoms with van der Waals surface area (Å²) in [5.41, 5.74) is 10.3. The zero-order chi connectivity index (χ0) is 31.6. The first-order valence-electron chi connectivity index (χ1n) is 15.3. The molecule has 0 atom stereocenters. The molecule has 0 bridgehead atoms. The summed E-state index contributed by atoms with van der Waals surface area (Å²) in [5.74, 6) is 2.67. The first-order chi connectivity index (χ1) is 19.1. The van der Waals surface area contributed by atoms with E-state index in [9.17, 15) is 0 Å². The summed E-state index contributed by atoms with van der Waals surface area (Å²) in [5, 5.41) is 0. The van der Waals surface area contributed by atoms with Crippen LogP contribution in [0.2, 0.25) is 0 Å².